The number of likely N-dealkylation sites (tertiary alicyclic amines) is 1. The third kappa shape index (κ3) is 4.62. The molecule has 0 bridgehead atoms. The van der Waals surface area contributed by atoms with E-state index in [2.05, 4.69) is 0 Å². The van der Waals surface area contributed by atoms with Crippen molar-refractivity contribution in [2.45, 2.75) is 25.1 Å². The van der Waals surface area contributed by atoms with Crippen LogP contribution in [0.15, 0.2) is 42.5 Å². The Bertz CT molecular complexity index is 865. The minimum absolute atomic E-state index is 0.316. The van der Waals surface area contributed by atoms with Crippen LogP contribution in [0.1, 0.15) is 35.6 Å². The molecule has 3 rings (SSSR count). The molecule has 0 aromatic heterocycles. The second-order valence-corrected chi connectivity index (χ2v) is 7.66. The highest BCUT2D eigenvalue weighted by Gasteiger charge is 2.34. The summed E-state index contributed by atoms with van der Waals surface area (Å²) in [4.78, 5) is 13.2. The molecular weight excluding hydrogens is 414 g/mol. The maximum absolute atomic E-state index is 13.2. The summed E-state index contributed by atoms with van der Waals surface area (Å²) in [6.45, 7) is 0.913. The van der Waals surface area contributed by atoms with E-state index in [-0.39, 0.29) is 0 Å². The fourth-order valence-corrected chi connectivity index (χ4v) is 3.89. The smallest absolute Gasteiger partial charge is 0.416 e. The van der Waals surface area contributed by atoms with Gasteiger partial charge in [-0.15, -0.1) is 0 Å². The quantitative estimate of drug-likeness (QED) is 0.654. The van der Waals surface area contributed by atoms with Crippen molar-refractivity contribution in [3.05, 3.63) is 69.2 Å². The first-order valence-corrected chi connectivity index (χ1v) is 9.51. The number of piperidine rings is 1. The van der Waals surface area contributed by atoms with Gasteiger partial charge in [-0.05, 0) is 61.3 Å². The Morgan fingerprint density at radius 3 is 2.25 bits per heavy atom. The van der Waals surface area contributed by atoms with E-state index in [0.717, 1.165) is 12.1 Å². The Labute approximate surface area is 170 Å². The predicted octanol–water partition coefficient (Wildman–Crippen LogP) is 5.90. The fraction of sp³-hybridized carbons (Fsp3) is 0.350. The normalized spacial score (nSPS) is 17.5. The first-order chi connectivity index (χ1) is 13.2. The van der Waals surface area contributed by atoms with Crippen LogP contribution in [0.3, 0.4) is 0 Å². The van der Waals surface area contributed by atoms with Gasteiger partial charge in [0.15, 0.2) is 0 Å². The number of carbonyl (C=O) groups is 1. The van der Waals surface area contributed by atoms with Crippen LogP contribution in [0.25, 0.3) is 0 Å². The zero-order chi connectivity index (χ0) is 20.5. The average Bonchev–Trinajstić information content (AvgIpc) is 2.65. The van der Waals surface area contributed by atoms with Crippen LogP contribution in [0.2, 0.25) is 10.0 Å². The standard InChI is InChI=1S/C20H18Cl2F3NO2/c21-16-5-4-14(11-17(16)22)18(26-8-6-12(7-9-26)19(27)28)13-2-1-3-15(10-13)20(23,24)25/h1-5,10-12,18H,6-9H2,(H,27,28). The van der Waals surface area contributed by atoms with Crippen molar-refractivity contribution in [2.75, 3.05) is 13.1 Å². The van der Waals surface area contributed by atoms with Gasteiger partial charge in [-0.2, -0.15) is 13.2 Å². The zero-order valence-electron chi connectivity index (χ0n) is 14.7. The second-order valence-electron chi connectivity index (χ2n) is 6.85. The molecule has 8 heteroatoms. The molecule has 2 aromatic rings. The zero-order valence-corrected chi connectivity index (χ0v) is 16.2. The van der Waals surface area contributed by atoms with E-state index in [0.29, 0.717) is 47.1 Å². The number of rotatable bonds is 4. The summed E-state index contributed by atoms with van der Waals surface area (Å²) in [5.41, 5.74) is 0.458. The van der Waals surface area contributed by atoms with Gasteiger partial charge in [0.2, 0.25) is 0 Å². The highest BCUT2D eigenvalue weighted by molar-refractivity contribution is 6.42. The molecule has 0 saturated carbocycles. The molecule has 1 aliphatic heterocycles. The van der Waals surface area contributed by atoms with Gasteiger partial charge in [0, 0.05) is 0 Å². The predicted molar refractivity (Wildman–Crippen MR) is 102 cm³/mol. The highest BCUT2D eigenvalue weighted by atomic mass is 35.5. The van der Waals surface area contributed by atoms with E-state index in [1.165, 1.54) is 6.07 Å². The van der Waals surface area contributed by atoms with Crippen molar-refractivity contribution in [1.82, 2.24) is 4.90 Å². The van der Waals surface area contributed by atoms with Crippen molar-refractivity contribution < 1.29 is 23.1 Å². The van der Waals surface area contributed by atoms with Crippen molar-refractivity contribution >= 4 is 29.2 Å². The molecule has 0 amide bonds. The van der Waals surface area contributed by atoms with Crippen LogP contribution >= 0.6 is 23.2 Å². The minimum Gasteiger partial charge on any atom is -0.481 e. The summed E-state index contributed by atoms with van der Waals surface area (Å²) >= 11 is 12.1. The van der Waals surface area contributed by atoms with E-state index in [4.69, 9.17) is 23.2 Å². The van der Waals surface area contributed by atoms with E-state index in [9.17, 15) is 23.1 Å². The molecule has 1 heterocycles. The molecular formula is C20H18Cl2F3NO2. The number of aliphatic carboxylic acids is 1. The van der Waals surface area contributed by atoms with Crippen molar-refractivity contribution in [1.29, 1.82) is 0 Å². The van der Waals surface area contributed by atoms with Gasteiger partial charge in [-0.1, -0.05) is 41.4 Å². The Kier molecular flexibility index (Phi) is 6.22. The fourth-order valence-electron chi connectivity index (χ4n) is 3.59. The Morgan fingerprint density at radius 1 is 1.04 bits per heavy atom. The van der Waals surface area contributed by atoms with Crippen LogP contribution in [-0.4, -0.2) is 29.1 Å². The summed E-state index contributed by atoms with van der Waals surface area (Å²) in [6.07, 6.45) is -3.58. The van der Waals surface area contributed by atoms with Gasteiger partial charge in [-0.25, -0.2) is 0 Å². The van der Waals surface area contributed by atoms with Crippen LogP contribution < -0.4 is 0 Å². The third-order valence-corrected chi connectivity index (χ3v) is 5.77. The first kappa shape index (κ1) is 21.0. The minimum atomic E-state index is -4.45. The lowest BCUT2D eigenvalue weighted by atomic mass is 9.90. The lowest BCUT2D eigenvalue weighted by Gasteiger charge is -2.37. The first-order valence-electron chi connectivity index (χ1n) is 8.76. The summed E-state index contributed by atoms with van der Waals surface area (Å²) in [5.74, 6) is -1.28. The molecule has 1 aliphatic rings. The second kappa shape index (κ2) is 8.31. The maximum Gasteiger partial charge on any atom is 0.416 e. The molecule has 28 heavy (non-hydrogen) atoms. The van der Waals surface area contributed by atoms with Gasteiger partial charge in [0.05, 0.1) is 27.6 Å². The molecule has 1 unspecified atom stereocenters. The molecule has 1 saturated heterocycles. The SMILES string of the molecule is O=C(O)C1CCN(C(c2cccc(C(F)(F)F)c2)c2ccc(Cl)c(Cl)c2)CC1. The monoisotopic (exact) mass is 431 g/mol. The van der Waals surface area contributed by atoms with Crippen LogP contribution in [0, 0.1) is 5.92 Å². The molecule has 0 aliphatic carbocycles. The van der Waals surface area contributed by atoms with Crippen LogP contribution in [-0.2, 0) is 11.0 Å². The topological polar surface area (TPSA) is 40.5 Å². The molecule has 1 N–H and O–H groups in total. The van der Waals surface area contributed by atoms with Crippen molar-refractivity contribution in [2.24, 2.45) is 5.92 Å². The van der Waals surface area contributed by atoms with Gasteiger partial charge in [-0.3, -0.25) is 9.69 Å². The number of carboxylic acid groups (broad SMARTS) is 1. The van der Waals surface area contributed by atoms with Gasteiger partial charge >= 0.3 is 12.1 Å². The van der Waals surface area contributed by atoms with E-state index >= 15 is 0 Å². The van der Waals surface area contributed by atoms with Crippen molar-refractivity contribution in [3.8, 4) is 0 Å². The van der Waals surface area contributed by atoms with Crippen LogP contribution in [0.5, 0.6) is 0 Å². The van der Waals surface area contributed by atoms with Gasteiger partial charge in [0.1, 0.15) is 0 Å². The van der Waals surface area contributed by atoms with E-state index in [1.807, 2.05) is 4.90 Å². The molecule has 0 spiro atoms. The lowest BCUT2D eigenvalue weighted by molar-refractivity contribution is -0.143. The van der Waals surface area contributed by atoms with E-state index in [1.54, 1.807) is 24.3 Å². The summed E-state index contributed by atoms with van der Waals surface area (Å²) < 4.78 is 39.6. The summed E-state index contributed by atoms with van der Waals surface area (Å²) in [5, 5.41) is 9.89. The number of hydrogen-bond acceptors (Lipinski definition) is 2. The number of carboxylic acids is 1. The molecule has 1 fully saturated rings. The number of alkyl halides is 3. The molecule has 3 nitrogen and oxygen atoms in total. The Balaban J connectivity index is 2.00. The number of hydrogen-bond donors (Lipinski definition) is 1. The molecule has 0 radical (unpaired) electrons. The van der Waals surface area contributed by atoms with Gasteiger partial charge in [0.25, 0.3) is 0 Å². The lowest BCUT2D eigenvalue weighted by Crippen LogP contribution is -2.39. The summed E-state index contributed by atoms with van der Waals surface area (Å²) in [6, 6.07) is 9.72. The third-order valence-electron chi connectivity index (χ3n) is 5.03. The number of benzene rings is 2. The molecule has 2 aromatic carbocycles. The van der Waals surface area contributed by atoms with E-state index < -0.39 is 29.7 Å². The number of nitrogens with zero attached hydrogens (tertiary/aromatic N) is 1. The van der Waals surface area contributed by atoms with Gasteiger partial charge < -0.3 is 5.11 Å². The van der Waals surface area contributed by atoms with Crippen LogP contribution in [0.4, 0.5) is 13.2 Å². The maximum atomic E-state index is 13.2. The van der Waals surface area contributed by atoms with Crippen molar-refractivity contribution in [3.63, 3.8) is 0 Å². The molecule has 150 valence electrons. The Hall–Kier alpha value is -1.76. The summed E-state index contributed by atoms with van der Waals surface area (Å²) in [7, 11) is 0. The Morgan fingerprint density at radius 2 is 1.68 bits per heavy atom. The number of halogens is 5. The molecule has 1 atom stereocenters. The average molecular weight is 432 g/mol. The highest BCUT2D eigenvalue weighted by Crippen LogP contribution is 2.37. The largest absolute Gasteiger partial charge is 0.481 e.